The van der Waals surface area contributed by atoms with Crippen LogP contribution in [0, 0.1) is 0 Å². The summed E-state index contributed by atoms with van der Waals surface area (Å²) in [6, 6.07) is 3.41. The van der Waals surface area contributed by atoms with E-state index < -0.39 is 12.1 Å². The summed E-state index contributed by atoms with van der Waals surface area (Å²) >= 11 is 0. The average molecular weight is 205 g/mol. The van der Waals surface area contributed by atoms with E-state index in [4.69, 9.17) is 5.73 Å². The molecule has 0 aliphatic carbocycles. The van der Waals surface area contributed by atoms with Crippen molar-refractivity contribution in [3.63, 3.8) is 0 Å². The molecule has 6 heteroatoms. The van der Waals surface area contributed by atoms with Crippen molar-refractivity contribution >= 4 is 12.0 Å². The Morgan fingerprint density at radius 3 is 2.50 bits per heavy atom. The summed E-state index contributed by atoms with van der Waals surface area (Å²) in [4.78, 5) is 10.3. The van der Waals surface area contributed by atoms with Crippen LogP contribution in [0.25, 0.3) is 0 Å². The number of hydrogen-bond acceptors (Lipinski definition) is 3. The van der Waals surface area contributed by atoms with E-state index in [2.05, 4.69) is 4.74 Å². The van der Waals surface area contributed by atoms with Gasteiger partial charge in [-0.15, -0.1) is 13.2 Å². The van der Waals surface area contributed by atoms with Crippen molar-refractivity contribution in [3.8, 4) is 5.75 Å². The van der Waals surface area contributed by atoms with Crippen molar-refractivity contribution in [3.05, 3.63) is 23.8 Å². The fourth-order valence-electron chi connectivity index (χ4n) is 0.861. The van der Waals surface area contributed by atoms with E-state index in [9.17, 15) is 18.0 Å². The Balaban J connectivity index is 3.05. The molecule has 0 aliphatic heterocycles. The lowest BCUT2D eigenvalue weighted by atomic mass is 10.2. The first-order valence-corrected chi connectivity index (χ1v) is 3.53. The van der Waals surface area contributed by atoms with E-state index in [1.54, 1.807) is 0 Å². The highest BCUT2D eigenvalue weighted by molar-refractivity contribution is 5.80. The second-order valence-electron chi connectivity index (χ2n) is 2.46. The zero-order valence-corrected chi connectivity index (χ0v) is 6.84. The number of carbonyl (C=O) groups is 1. The Morgan fingerprint density at radius 2 is 2.00 bits per heavy atom. The first kappa shape index (κ1) is 10.4. The molecule has 0 aromatic heterocycles. The highest BCUT2D eigenvalue weighted by Crippen LogP contribution is 2.27. The van der Waals surface area contributed by atoms with Crippen molar-refractivity contribution < 1.29 is 22.7 Å². The molecule has 0 fully saturated rings. The SMILES string of the molecule is Nc1ccc(C=O)c(OC(F)(F)F)c1. The molecule has 0 heterocycles. The summed E-state index contributed by atoms with van der Waals surface area (Å²) in [5.41, 5.74) is 5.13. The summed E-state index contributed by atoms with van der Waals surface area (Å²) in [7, 11) is 0. The van der Waals surface area contributed by atoms with Gasteiger partial charge in [0.25, 0.3) is 0 Å². The average Bonchev–Trinajstić information content (AvgIpc) is 2.01. The van der Waals surface area contributed by atoms with Crippen molar-refractivity contribution in [1.29, 1.82) is 0 Å². The Kier molecular flexibility index (Phi) is 2.64. The molecule has 0 amide bonds. The topological polar surface area (TPSA) is 52.3 Å². The minimum atomic E-state index is -4.83. The number of benzene rings is 1. The summed E-state index contributed by atoms with van der Waals surface area (Å²) < 4.78 is 39.0. The molecular formula is C8H6F3NO2. The first-order valence-electron chi connectivity index (χ1n) is 3.53. The number of carbonyl (C=O) groups excluding carboxylic acids is 1. The minimum Gasteiger partial charge on any atom is -0.405 e. The van der Waals surface area contributed by atoms with Gasteiger partial charge >= 0.3 is 6.36 Å². The maximum Gasteiger partial charge on any atom is 0.573 e. The normalized spacial score (nSPS) is 11.1. The molecule has 1 rings (SSSR count). The van der Waals surface area contributed by atoms with E-state index in [1.807, 2.05) is 0 Å². The minimum absolute atomic E-state index is 0.0925. The van der Waals surface area contributed by atoms with E-state index in [1.165, 1.54) is 6.07 Å². The van der Waals surface area contributed by atoms with Gasteiger partial charge in [0, 0.05) is 11.8 Å². The number of aldehydes is 1. The third-order valence-corrected chi connectivity index (χ3v) is 1.39. The van der Waals surface area contributed by atoms with Gasteiger partial charge in [0.1, 0.15) is 5.75 Å². The lowest BCUT2D eigenvalue weighted by Crippen LogP contribution is -2.18. The molecule has 1 aromatic rings. The molecule has 0 saturated carbocycles. The van der Waals surface area contributed by atoms with Crippen molar-refractivity contribution in [2.24, 2.45) is 0 Å². The van der Waals surface area contributed by atoms with Gasteiger partial charge in [0.2, 0.25) is 0 Å². The first-order chi connectivity index (χ1) is 6.42. The Bertz CT molecular complexity index is 349. The van der Waals surface area contributed by atoms with Crippen LogP contribution in [0.4, 0.5) is 18.9 Å². The monoisotopic (exact) mass is 205 g/mol. The quantitative estimate of drug-likeness (QED) is 0.593. The lowest BCUT2D eigenvalue weighted by molar-refractivity contribution is -0.274. The van der Waals surface area contributed by atoms with E-state index in [-0.39, 0.29) is 17.5 Å². The van der Waals surface area contributed by atoms with Crippen molar-refractivity contribution in [1.82, 2.24) is 0 Å². The van der Waals surface area contributed by atoms with Crippen LogP contribution >= 0.6 is 0 Å². The number of nitrogens with two attached hydrogens (primary N) is 1. The molecule has 0 atom stereocenters. The number of halogens is 3. The molecule has 0 spiro atoms. The molecule has 2 N–H and O–H groups in total. The summed E-state index contributed by atoms with van der Waals surface area (Å²) in [5, 5.41) is 0. The van der Waals surface area contributed by atoms with E-state index >= 15 is 0 Å². The highest BCUT2D eigenvalue weighted by Gasteiger charge is 2.32. The number of alkyl halides is 3. The Hall–Kier alpha value is -1.72. The van der Waals surface area contributed by atoms with Gasteiger partial charge in [-0.3, -0.25) is 4.79 Å². The number of anilines is 1. The van der Waals surface area contributed by atoms with E-state index in [0.29, 0.717) is 0 Å². The summed E-state index contributed by atoms with van der Waals surface area (Å²) in [5.74, 6) is -0.590. The third kappa shape index (κ3) is 2.65. The maximum atomic E-state index is 11.8. The largest absolute Gasteiger partial charge is 0.573 e. The van der Waals surface area contributed by atoms with Gasteiger partial charge in [0.05, 0.1) is 5.56 Å². The smallest absolute Gasteiger partial charge is 0.405 e. The van der Waals surface area contributed by atoms with Gasteiger partial charge in [-0.25, -0.2) is 0 Å². The van der Waals surface area contributed by atoms with Crippen LogP contribution in [-0.4, -0.2) is 12.6 Å². The fraction of sp³-hybridized carbons (Fsp3) is 0.125. The predicted molar refractivity (Wildman–Crippen MR) is 42.9 cm³/mol. The van der Waals surface area contributed by atoms with Crippen LogP contribution < -0.4 is 10.5 Å². The van der Waals surface area contributed by atoms with Crippen LogP contribution in [0.15, 0.2) is 18.2 Å². The molecule has 0 aliphatic rings. The lowest BCUT2D eigenvalue weighted by Gasteiger charge is -2.10. The van der Waals surface area contributed by atoms with Gasteiger partial charge in [-0.2, -0.15) is 0 Å². The van der Waals surface area contributed by atoms with Crippen molar-refractivity contribution in [2.75, 3.05) is 5.73 Å². The number of rotatable bonds is 2. The van der Waals surface area contributed by atoms with E-state index in [0.717, 1.165) is 12.1 Å². The predicted octanol–water partition coefficient (Wildman–Crippen LogP) is 1.98. The Labute approximate surface area is 77.3 Å². The Morgan fingerprint density at radius 1 is 1.36 bits per heavy atom. The standard InChI is InChI=1S/C8H6F3NO2/c9-8(10,11)14-7-3-6(12)2-1-5(7)4-13/h1-4H,12H2. The molecule has 1 aromatic carbocycles. The number of hydrogen-bond donors (Lipinski definition) is 1. The molecule has 0 unspecified atom stereocenters. The molecule has 0 radical (unpaired) electrons. The molecule has 0 bridgehead atoms. The van der Waals surface area contributed by atoms with Crippen molar-refractivity contribution in [2.45, 2.75) is 6.36 Å². The number of nitrogen functional groups attached to an aromatic ring is 1. The van der Waals surface area contributed by atoms with Crippen LogP contribution in [0.2, 0.25) is 0 Å². The van der Waals surface area contributed by atoms with Gasteiger partial charge in [0.15, 0.2) is 6.29 Å². The molecule has 76 valence electrons. The maximum absolute atomic E-state index is 11.8. The van der Waals surface area contributed by atoms with Gasteiger partial charge < -0.3 is 10.5 Å². The van der Waals surface area contributed by atoms with Crippen LogP contribution in [0.5, 0.6) is 5.75 Å². The molecular weight excluding hydrogens is 199 g/mol. The second kappa shape index (κ2) is 3.57. The molecule has 3 nitrogen and oxygen atoms in total. The zero-order valence-electron chi connectivity index (χ0n) is 6.84. The zero-order chi connectivity index (χ0) is 10.8. The fourth-order valence-corrected chi connectivity index (χ4v) is 0.861. The van der Waals surface area contributed by atoms with Crippen LogP contribution in [0.3, 0.4) is 0 Å². The summed E-state index contributed by atoms with van der Waals surface area (Å²) in [6.07, 6.45) is -4.56. The van der Waals surface area contributed by atoms with Gasteiger partial charge in [-0.05, 0) is 12.1 Å². The van der Waals surface area contributed by atoms with Crippen LogP contribution in [0.1, 0.15) is 10.4 Å². The third-order valence-electron chi connectivity index (χ3n) is 1.39. The molecule has 14 heavy (non-hydrogen) atoms. The summed E-state index contributed by atoms with van der Waals surface area (Å²) in [6.45, 7) is 0. The second-order valence-corrected chi connectivity index (χ2v) is 2.46. The molecule has 0 saturated heterocycles. The number of ether oxygens (including phenoxy) is 1. The van der Waals surface area contributed by atoms with Gasteiger partial charge in [-0.1, -0.05) is 0 Å². The highest BCUT2D eigenvalue weighted by atomic mass is 19.4. The van der Waals surface area contributed by atoms with Crippen LogP contribution in [-0.2, 0) is 0 Å².